The fourth-order valence-corrected chi connectivity index (χ4v) is 2.50. The second-order valence-corrected chi connectivity index (χ2v) is 6.63. The van der Waals surface area contributed by atoms with Gasteiger partial charge in [0.05, 0.1) is 5.75 Å². The summed E-state index contributed by atoms with van der Waals surface area (Å²) < 4.78 is 22.2. The van der Waals surface area contributed by atoms with Gasteiger partial charge >= 0.3 is 0 Å². The number of para-hydroxylation sites is 1. The van der Waals surface area contributed by atoms with Crippen LogP contribution in [0.1, 0.15) is 5.56 Å². The van der Waals surface area contributed by atoms with Crippen molar-refractivity contribution in [2.45, 2.75) is 5.33 Å². The van der Waals surface area contributed by atoms with Crippen molar-refractivity contribution in [3.05, 3.63) is 29.8 Å². The van der Waals surface area contributed by atoms with Crippen LogP contribution in [0, 0.1) is 0 Å². The number of alkyl halides is 1. The fourth-order valence-electron chi connectivity index (χ4n) is 1.42. The highest BCUT2D eigenvalue weighted by atomic mass is 79.9. The van der Waals surface area contributed by atoms with Gasteiger partial charge in [-0.3, -0.25) is 0 Å². The maximum Gasteiger partial charge on any atom is 0.149 e. The molecule has 1 aromatic carbocycles. The van der Waals surface area contributed by atoms with Crippen LogP contribution in [-0.2, 0) is 15.2 Å². The van der Waals surface area contributed by atoms with Crippen molar-refractivity contribution in [3.63, 3.8) is 0 Å². The Kier molecular flexibility index (Phi) is 4.80. The van der Waals surface area contributed by atoms with Gasteiger partial charge in [-0.05, 0) is 11.6 Å². The summed E-state index contributed by atoms with van der Waals surface area (Å²) in [7, 11) is -0.991. The van der Waals surface area contributed by atoms with Crippen molar-refractivity contribution in [2.24, 2.45) is 0 Å². The topological polar surface area (TPSA) is 37.4 Å². The molecule has 0 unspecified atom stereocenters. The molecule has 0 atom stereocenters. The number of nitrogens with zero attached hydrogens (tertiary/aromatic N) is 1. The van der Waals surface area contributed by atoms with E-state index >= 15 is 0 Å². The smallest absolute Gasteiger partial charge is 0.149 e. The summed E-state index contributed by atoms with van der Waals surface area (Å²) in [6.45, 7) is 0.517. The van der Waals surface area contributed by atoms with Gasteiger partial charge in [0.2, 0.25) is 0 Å². The molecular weight excluding hydrogens is 290 g/mol. The number of rotatable bonds is 5. The molecule has 0 bridgehead atoms. The van der Waals surface area contributed by atoms with E-state index in [-0.39, 0.29) is 5.75 Å². The van der Waals surface area contributed by atoms with Crippen molar-refractivity contribution in [1.82, 2.24) is 0 Å². The molecule has 0 aliphatic carbocycles. The van der Waals surface area contributed by atoms with E-state index in [0.717, 1.165) is 11.0 Å². The molecule has 1 rings (SSSR count). The molecule has 3 nitrogen and oxygen atoms in total. The number of halogens is 1. The molecule has 0 heterocycles. The molecule has 0 aliphatic rings. The highest BCUT2D eigenvalue weighted by Gasteiger charge is 2.08. The fraction of sp³-hybridized carbons (Fsp3) is 0.455. The first-order chi connectivity index (χ1) is 7.44. The zero-order valence-corrected chi connectivity index (χ0v) is 11.9. The molecule has 0 saturated heterocycles. The lowest BCUT2D eigenvalue weighted by atomic mass is 10.2. The predicted octanol–water partition coefficient (Wildman–Crippen LogP) is 2.06. The summed E-state index contributed by atoms with van der Waals surface area (Å²) in [5.41, 5.74) is 2.24. The van der Waals surface area contributed by atoms with Crippen LogP contribution >= 0.6 is 15.9 Å². The van der Waals surface area contributed by atoms with Crippen LogP contribution in [0.5, 0.6) is 0 Å². The Morgan fingerprint density at radius 1 is 1.31 bits per heavy atom. The van der Waals surface area contributed by atoms with E-state index in [1.165, 1.54) is 11.8 Å². The third-order valence-electron chi connectivity index (χ3n) is 2.34. The summed E-state index contributed by atoms with van der Waals surface area (Å²) in [5.74, 6) is 0.181. The molecule has 0 aromatic heterocycles. The lowest BCUT2D eigenvalue weighted by Crippen LogP contribution is -2.25. The molecular formula is C11H16BrNO2S. The van der Waals surface area contributed by atoms with Gasteiger partial charge < -0.3 is 4.90 Å². The van der Waals surface area contributed by atoms with Gasteiger partial charge in [-0.1, -0.05) is 34.1 Å². The highest BCUT2D eigenvalue weighted by Crippen LogP contribution is 2.21. The third kappa shape index (κ3) is 4.14. The van der Waals surface area contributed by atoms with Crippen LogP contribution in [0.15, 0.2) is 24.3 Å². The Bertz CT molecular complexity index is 445. The zero-order valence-electron chi connectivity index (χ0n) is 9.48. The molecule has 1 aromatic rings. The number of anilines is 1. The van der Waals surface area contributed by atoms with Gasteiger partial charge in [-0.15, -0.1) is 0 Å². The van der Waals surface area contributed by atoms with Crippen LogP contribution in [0.3, 0.4) is 0 Å². The molecule has 0 spiro atoms. The minimum absolute atomic E-state index is 0.181. The second-order valence-electron chi connectivity index (χ2n) is 3.81. The van der Waals surface area contributed by atoms with E-state index in [1.807, 2.05) is 36.2 Å². The largest absolute Gasteiger partial charge is 0.373 e. The number of sulfone groups is 1. The average molecular weight is 306 g/mol. The van der Waals surface area contributed by atoms with E-state index in [1.54, 1.807) is 0 Å². The minimum Gasteiger partial charge on any atom is -0.373 e. The summed E-state index contributed by atoms with van der Waals surface area (Å²) in [6, 6.07) is 7.96. The number of benzene rings is 1. The normalized spacial score (nSPS) is 11.4. The average Bonchev–Trinajstić information content (AvgIpc) is 2.25. The molecule has 90 valence electrons. The predicted molar refractivity (Wildman–Crippen MR) is 72.1 cm³/mol. The van der Waals surface area contributed by atoms with E-state index in [4.69, 9.17) is 0 Å². The summed E-state index contributed by atoms with van der Waals surface area (Å²) in [6.07, 6.45) is 1.26. The Balaban J connectivity index is 2.76. The lowest BCUT2D eigenvalue weighted by Gasteiger charge is -2.21. The maximum atomic E-state index is 11.1. The van der Waals surface area contributed by atoms with Gasteiger partial charge in [0, 0.05) is 30.9 Å². The van der Waals surface area contributed by atoms with Gasteiger partial charge in [-0.25, -0.2) is 8.42 Å². The van der Waals surface area contributed by atoms with E-state index in [2.05, 4.69) is 15.9 Å². The quantitative estimate of drug-likeness (QED) is 0.782. The SMILES string of the molecule is CN(CCS(C)(=O)=O)c1ccccc1CBr. The molecule has 0 fully saturated rings. The van der Waals surface area contributed by atoms with E-state index in [9.17, 15) is 8.42 Å². The van der Waals surface area contributed by atoms with Crippen molar-refractivity contribution < 1.29 is 8.42 Å². The van der Waals surface area contributed by atoms with Gasteiger partial charge in [0.15, 0.2) is 0 Å². The van der Waals surface area contributed by atoms with Crippen LogP contribution in [0.2, 0.25) is 0 Å². The Hall–Kier alpha value is -0.550. The van der Waals surface area contributed by atoms with Crippen molar-refractivity contribution in [2.75, 3.05) is 30.5 Å². The minimum atomic E-state index is -2.90. The summed E-state index contributed by atoms with van der Waals surface area (Å²) in [4.78, 5) is 1.97. The lowest BCUT2D eigenvalue weighted by molar-refractivity contribution is 0.601. The number of hydrogen-bond acceptors (Lipinski definition) is 3. The van der Waals surface area contributed by atoms with Crippen molar-refractivity contribution >= 4 is 31.5 Å². The summed E-state index contributed by atoms with van der Waals surface area (Å²) in [5, 5.41) is 0.770. The molecule has 0 saturated carbocycles. The standard InChI is InChI=1S/C11H16BrNO2S/c1-13(7-8-16(2,14)15)11-6-4-3-5-10(11)9-12/h3-6H,7-9H2,1-2H3. The van der Waals surface area contributed by atoms with E-state index in [0.29, 0.717) is 6.54 Å². The van der Waals surface area contributed by atoms with Crippen molar-refractivity contribution in [1.29, 1.82) is 0 Å². The monoisotopic (exact) mass is 305 g/mol. The molecule has 0 radical (unpaired) electrons. The molecule has 0 aliphatic heterocycles. The van der Waals surface area contributed by atoms with Crippen molar-refractivity contribution in [3.8, 4) is 0 Å². The van der Waals surface area contributed by atoms with Crippen LogP contribution in [0.25, 0.3) is 0 Å². The zero-order chi connectivity index (χ0) is 12.2. The van der Waals surface area contributed by atoms with Gasteiger partial charge in [-0.2, -0.15) is 0 Å². The number of hydrogen-bond donors (Lipinski definition) is 0. The van der Waals surface area contributed by atoms with Crippen LogP contribution in [0.4, 0.5) is 5.69 Å². The molecule has 16 heavy (non-hydrogen) atoms. The Labute approximate surface area is 106 Å². The second kappa shape index (κ2) is 5.68. The highest BCUT2D eigenvalue weighted by molar-refractivity contribution is 9.08. The van der Waals surface area contributed by atoms with Crippen LogP contribution in [-0.4, -0.2) is 34.0 Å². The Morgan fingerprint density at radius 2 is 1.94 bits per heavy atom. The first-order valence-electron chi connectivity index (χ1n) is 4.97. The molecule has 0 N–H and O–H groups in total. The third-order valence-corrected chi connectivity index (χ3v) is 3.87. The van der Waals surface area contributed by atoms with Gasteiger partial charge in [0.1, 0.15) is 9.84 Å². The first kappa shape index (κ1) is 13.5. The molecule has 5 heteroatoms. The van der Waals surface area contributed by atoms with E-state index < -0.39 is 9.84 Å². The molecule has 0 amide bonds. The maximum absolute atomic E-state index is 11.1. The van der Waals surface area contributed by atoms with Crippen LogP contribution < -0.4 is 4.90 Å². The summed E-state index contributed by atoms with van der Waals surface area (Å²) >= 11 is 3.42. The van der Waals surface area contributed by atoms with Gasteiger partial charge in [0.25, 0.3) is 0 Å². The first-order valence-corrected chi connectivity index (χ1v) is 8.15. The Morgan fingerprint density at radius 3 is 2.50 bits per heavy atom.